The Bertz CT molecular complexity index is 860. The molecule has 0 unspecified atom stereocenters. The van der Waals surface area contributed by atoms with Crippen molar-refractivity contribution in [3.63, 3.8) is 0 Å². The topological polar surface area (TPSA) is 58.5 Å². The predicted molar refractivity (Wildman–Crippen MR) is 117 cm³/mol. The van der Waals surface area contributed by atoms with E-state index in [9.17, 15) is 0 Å². The van der Waals surface area contributed by atoms with E-state index in [0.717, 1.165) is 28.4 Å². The van der Waals surface area contributed by atoms with Crippen LogP contribution in [0.4, 0.5) is 0 Å². The molecule has 3 rings (SSSR count). The van der Waals surface area contributed by atoms with Crippen molar-refractivity contribution < 1.29 is 4.74 Å². The molecule has 1 heterocycles. The highest BCUT2D eigenvalue weighted by atomic mass is 127. The van der Waals surface area contributed by atoms with Crippen LogP contribution in [-0.2, 0) is 13.1 Å². The lowest BCUT2D eigenvalue weighted by molar-refractivity contribution is 0.414. The van der Waals surface area contributed by atoms with Gasteiger partial charge in [-0.1, -0.05) is 36.4 Å². The fourth-order valence-corrected chi connectivity index (χ4v) is 2.64. The van der Waals surface area contributed by atoms with Crippen molar-refractivity contribution in [3.8, 4) is 5.75 Å². The number of guanidine groups is 1. The molecule has 0 aliphatic heterocycles. The molecule has 0 atom stereocenters. The van der Waals surface area contributed by atoms with E-state index < -0.39 is 0 Å². The van der Waals surface area contributed by atoms with Gasteiger partial charge in [-0.25, -0.2) is 0 Å². The van der Waals surface area contributed by atoms with E-state index in [1.807, 2.05) is 48.7 Å². The lowest BCUT2D eigenvalue weighted by atomic mass is 10.1. The summed E-state index contributed by atoms with van der Waals surface area (Å²) in [5.41, 5.74) is 2.16. The van der Waals surface area contributed by atoms with Crippen molar-refractivity contribution in [2.24, 2.45) is 4.99 Å². The number of benzene rings is 2. The second kappa shape index (κ2) is 9.96. The summed E-state index contributed by atoms with van der Waals surface area (Å²) in [6, 6.07) is 18.2. The van der Waals surface area contributed by atoms with Gasteiger partial charge in [-0.3, -0.25) is 9.98 Å². The summed E-state index contributed by atoms with van der Waals surface area (Å²) in [6.07, 6.45) is 1.84. The number of halogens is 1. The number of rotatable bonds is 5. The number of nitrogens with one attached hydrogen (secondary N) is 2. The number of aromatic nitrogens is 1. The van der Waals surface area contributed by atoms with E-state index in [4.69, 9.17) is 4.74 Å². The Morgan fingerprint density at radius 2 is 1.73 bits per heavy atom. The fraction of sp³-hybridized carbons (Fsp3) is 0.200. The van der Waals surface area contributed by atoms with Crippen molar-refractivity contribution in [3.05, 3.63) is 72.1 Å². The molecule has 0 aliphatic rings. The lowest BCUT2D eigenvalue weighted by Gasteiger charge is -2.13. The third-order valence-corrected chi connectivity index (χ3v) is 4.02. The van der Waals surface area contributed by atoms with Crippen LogP contribution in [0.15, 0.2) is 65.8 Å². The smallest absolute Gasteiger partial charge is 0.191 e. The molecule has 2 N–H and O–H groups in total. The summed E-state index contributed by atoms with van der Waals surface area (Å²) >= 11 is 0. The molecule has 0 amide bonds. The summed E-state index contributed by atoms with van der Waals surface area (Å²) in [6.45, 7) is 1.30. The summed E-state index contributed by atoms with van der Waals surface area (Å²) in [5.74, 6) is 1.60. The molecule has 0 fully saturated rings. The largest absolute Gasteiger partial charge is 0.497 e. The Balaban J connectivity index is 0.00000243. The highest BCUT2D eigenvalue weighted by molar-refractivity contribution is 14.0. The Morgan fingerprint density at radius 3 is 2.46 bits per heavy atom. The van der Waals surface area contributed by atoms with Crippen molar-refractivity contribution >= 4 is 40.7 Å². The Labute approximate surface area is 170 Å². The first-order valence-corrected chi connectivity index (χ1v) is 8.20. The van der Waals surface area contributed by atoms with Crippen molar-refractivity contribution in [1.29, 1.82) is 0 Å². The number of ether oxygens (including phenoxy) is 1. The minimum Gasteiger partial charge on any atom is -0.497 e. The average molecular weight is 462 g/mol. The van der Waals surface area contributed by atoms with Crippen molar-refractivity contribution in [2.45, 2.75) is 13.1 Å². The average Bonchev–Trinajstić information content (AvgIpc) is 2.68. The van der Waals surface area contributed by atoms with Crippen LogP contribution < -0.4 is 15.4 Å². The van der Waals surface area contributed by atoms with E-state index in [1.165, 1.54) is 5.39 Å². The van der Waals surface area contributed by atoms with Gasteiger partial charge >= 0.3 is 0 Å². The van der Waals surface area contributed by atoms with Crippen molar-refractivity contribution in [1.82, 2.24) is 15.6 Å². The maximum Gasteiger partial charge on any atom is 0.191 e. The van der Waals surface area contributed by atoms with Gasteiger partial charge in [0, 0.05) is 25.2 Å². The van der Waals surface area contributed by atoms with Gasteiger partial charge in [0.05, 0.1) is 19.3 Å². The van der Waals surface area contributed by atoms with E-state index in [-0.39, 0.29) is 24.0 Å². The van der Waals surface area contributed by atoms with Crippen LogP contribution in [0.3, 0.4) is 0 Å². The summed E-state index contributed by atoms with van der Waals surface area (Å²) in [7, 11) is 3.43. The van der Waals surface area contributed by atoms with E-state index >= 15 is 0 Å². The second-order valence-electron chi connectivity index (χ2n) is 5.61. The molecule has 0 aliphatic carbocycles. The second-order valence-corrected chi connectivity index (χ2v) is 5.61. The zero-order chi connectivity index (χ0) is 17.5. The molecule has 26 heavy (non-hydrogen) atoms. The van der Waals surface area contributed by atoms with Crippen LogP contribution in [0, 0.1) is 0 Å². The van der Waals surface area contributed by atoms with Gasteiger partial charge in [-0.15, -0.1) is 24.0 Å². The Hall–Kier alpha value is -2.35. The van der Waals surface area contributed by atoms with Gasteiger partial charge in [0.25, 0.3) is 0 Å². The first-order valence-electron chi connectivity index (χ1n) is 8.20. The molecule has 0 saturated carbocycles. The minimum absolute atomic E-state index is 0. The summed E-state index contributed by atoms with van der Waals surface area (Å²) < 4.78 is 5.18. The molecule has 0 bridgehead atoms. The highest BCUT2D eigenvalue weighted by Crippen LogP contribution is 2.16. The van der Waals surface area contributed by atoms with Crippen LogP contribution in [0.2, 0.25) is 0 Å². The Kier molecular flexibility index (Phi) is 7.65. The van der Waals surface area contributed by atoms with Crippen molar-refractivity contribution in [2.75, 3.05) is 14.2 Å². The normalized spacial score (nSPS) is 10.9. The zero-order valence-corrected chi connectivity index (χ0v) is 17.2. The van der Waals surface area contributed by atoms with Gasteiger partial charge in [0.15, 0.2) is 5.96 Å². The molecule has 0 spiro atoms. The zero-order valence-electron chi connectivity index (χ0n) is 14.9. The first-order chi connectivity index (χ1) is 12.3. The van der Waals surface area contributed by atoms with Crippen LogP contribution >= 0.6 is 24.0 Å². The van der Waals surface area contributed by atoms with Gasteiger partial charge in [-0.2, -0.15) is 0 Å². The highest BCUT2D eigenvalue weighted by Gasteiger charge is 2.04. The SMILES string of the molecule is CN=C(NCc1ccc(OC)cc1)NCc1nccc2ccccc12.I. The molecule has 0 saturated heterocycles. The number of hydrogen-bond acceptors (Lipinski definition) is 3. The van der Waals surface area contributed by atoms with Crippen LogP contribution in [-0.4, -0.2) is 25.1 Å². The van der Waals surface area contributed by atoms with Gasteiger partial charge < -0.3 is 15.4 Å². The molecule has 0 radical (unpaired) electrons. The molecule has 5 nitrogen and oxygen atoms in total. The molecule has 1 aromatic heterocycles. The minimum atomic E-state index is 0. The maximum atomic E-state index is 5.18. The number of pyridine rings is 1. The van der Waals surface area contributed by atoms with Gasteiger partial charge in [0.2, 0.25) is 0 Å². The maximum absolute atomic E-state index is 5.18. The monoisotopic (exact) mass is 462 g/mol. The van der Waals surface area contributed by atoms with Gasteiger partial charge in [0.1, 0.15) is 5.75 Å². The van der Waals surface area contributed by atoms with Crippen LogP contribution in [0.25, 0.3) is 10.8 Å². The number of fused-ring (bicyclic) bond motifs is 1. The van der Waals surface area contributed by atoms with Gasteiger partial charge in [-0.05, 0) is 29.1 Å². The van der Waals surface area contributed by atoms with Crippen LogP contribution in [0.1, 0.15) is 11.3 Å². The molecule has 136 valence electrons. The fourth-order valence-electron chi connectivity index (χ4n) is 2.64. The first kappa shape index (κ1) is 20.0. The van der Waals surface area contributed by atoms with Crippen LogP contribution in [0.5, 0.6) is 5.75 Å². The number of nitrogens with zero attached hydrogens (tertiary/aromatic N) is 2. The standard InChI is InChI=1S/C20H22N4O.HI/c1-21-20(23-13-15-7-9-17(25-2)10-8-15)24-14-19-18-6-4-3-5-16(18)11-12-22-19;/h3-12H,13-14H2,1-2H3,(H2,21,23,24);1H. The third-order valence-electron chi connectivity index (χ3n) is 4.02. The number of methoxy groups -OCH3 is 1. The van der Waals surface area contributed by atoms with E-state index in [1.54, 1.807) is 14.2 Å². The number of hydrogen-bond donors (Lipinski definition) is 2. The summed E-state index contributed by atoms with van der Waals surface area (Å²) in [4.78, 5) is 8.77. The third kappa shape index (κ3) is 5.08. The quantitative estimate of drug-likeness (QED) is 0.345. The van der Waals surface area contributed by atoms with E-state index in [0.29, 0.717) is 13.1 Å². The Morgan fingerprint density at radius 1 is 1.00 bits per heavy atom. The predicted octanol–water partition coefficient (Wildman–Crippen LogP) is 3.73. The molecule has 3 aromatic rings. The lowest BCUT2D eigenvalue weighted by Crippen LogP contribution is -2.36. The molecule has 2 aromatic carbocycles. The number of aliphatic imine (C=N–C) groups is 1. The summed E-state index contributed by atoms with van der Waals surface area (Å²) in [5, 5.41) is 8.98. The molecular weight excluding hydrogens is 439 g/mol. The molecular formula is C20H23IN4O. The van der Waals surface area contributed by atoms with E-state index in [2.05, 4.69) is 32.7 Å². The molecule has 6 heteroatoms.